The van der Waals surface area contributed by atoms with E-state index in [1.807, 2.05) is 6.92 Å². The van der Waals surface area contributed by atoms with Gasteiger partial charge in [0, 0.05) is 0 Å². The molecule has 1 aromatic carbocycles. The number of phenols is 1. The van der Waals surface area contributed by atoms with Gasteiger partial charge in [-0.1, -0.05) is 47.5 Å². The van der Waals surface area contributed by atoms with Crippen LogP contribution in [0, 0.1) is 32.8 Å². The monoisotopic (exact) mass is 472 g/mol. The molecule has 1 aromatic rings. The molecule has 2 rings (SSSR count). The fourth-order valence-corrected chi connectivity index (χ4v) is 3.99. The fourth-order valence-electron chi connectivity index (χ4n) is 3.24. The molecule has 156 valence electrons. The van der Waals surface area contributed by atoms with Crippen molar-refractivity contribution in [2.24, 2.45) is 5.92 Å². The third kappa shape index (κ3) is 7.61. The van der Waals surface area contributed by atoms with Gasteiger partial charge in [0.15, 0.2) is 0 Å². The number of halogens is 2. The van der Waals surface area contributed by atoms with Crippen LogP contribution in [0.3, 0.4) is 0 Å². The number of allylic oxidation sites excluding steroid dienone is 4. The Morgan fingerprint density at radius 3 is 1.61 bits per heavy atom. The molecule has 3 radical (unpaired) electrons. The molecule has 0 saturated carbocycles. The van der Waals surface area contributed by atoms with Gasteiger partial charge in [-0.2, -0.15) is 11.1 Å². The summed E-state index contributed by atoms with van der Waals surface area (Å²) in [6, 6.07) is 0. The Bertz CT molecular complexity index is 702. The van der Waals surface area contributed by atoms with E-state index in [0.717, 1.165) is 10.8 Å². The van der Waals surface area contributed by atoms with Gasteiger partial charge in [0.05, 0.1) is 10.2 Å². The molecule has 1 aliphatic carbocycles. The Labute approximate surface area is 200 Å². The van der Waals surface area contributed by atoms with Crippen LogP contribution in [0.4, 0.5) is 0 Å². The van der Waals surface area contributed by atoms with Crippen LogP contribution < -0.4 is 30.0 Å². The summed E-state index contributed by atoms with van der Waals surface area (Å²) in [6.07, 6.45) is 3.36. The summed E-state index contributed by atoms with van der Waals surface area (Å²) in [6.45, 7) is 21.3. The molecule has 28 heavy (non-hydrogen) atoms. The molecule has 1 atom stereocenters. The largest absolute Gasteiger partial charge is 1.00 e. The Hall–Kier alpha value is -0.119. The fraction of sp³-hybridized carbons (Fsp3) is 0.522. The van der Waals surface area contributed by atoms with Gasteiger partial charge in [-0.05, 0) is 53.6 Å². The molecule has 0 amide bonds. The molecule has 1 N–H and O–H groups in total. The van der Waals surface area contributed by atoms with E-state index in [9.17, 15) is 5.11 Å². The quantitative estimate of drug-likeness (QED) is 0.383. The second kappa shape index (κ2) is 13.2. The summed E-state index contributed by atoms with van der Waals surface area (Å²) in [7, 11) is 3.56. The Kier molecular flexibility index (Phi) is 15.4. The van der Waals surface area contributed by atoms with Crippen molar-refractivity contribution in [3.8, 4) is 5.75 Å². The van der Waals surface area contributed by atoms with Crippen molar-refractivity contribution in [3.05, 3.63) is 45.0 Å². The molecule has 0 spiro atoms. The van der Waals surface area contributed by atoms with Crippen molar-refractivity contribution >= 4 is 20.2 Å². The molecule has 1 unspecified atom stereocenters. The van der Waals surface area contributed by atoms with Crippen LogP contribution >= 0.6 is 0 Å². The average molecular weight is 473 g/mol. The van der Waals surface area contributed by atoms with E-state index in [2.05, 4.69) is 83.4 Å². The number of phenolic OH excluding ortho intramolecular Hbond substituents is 1. The van der Waals surface area contributed by atoms with Gasteiger partial charge >= 0.3 is 24.8 Å². The Morgan fingerprint density at radius 1 is 0.929 bits per heavy atom. The molecule has 5 heteroatoms. The van der Waals surface area contributed by atoms with Gasteiger partial charge in [0.2, 0.25) is 0 Å². The first kappa shape index (κ1) is 32.5. The van der Waals surface area contributed by atoms with Crippen molar-refractivity contribution in [1.82, 2.24) is 0 Å². The first-order chi connectivity index (χ1) is 11.8. The maximum absolute atomic E-state index is 10.0. The topological polar surface area (TPSA) is 20.2 Å². The predicted octanol–water partition coefficient (Wildman–Crippen LogP) is -0.896. The molecule has 1 nitrogen and oxygen atoms in total. The van der Waals surface area contributed by atoms with Crippen LogP contribution in [0.2, 0.25) is 0 Å². The molecular weight excluding hydrogens is 439 g/mol. The van der Waals surface area contributed by atoms with E-state index in [-0.39, 0.29) is 30.2 Å². The van der Waals surface area contributed by atoms with Crippen LogP contribution in [0.15, 0.2) is 16.7 Å². The molecule has 0 aliphatic heterocycles. The first-order valence-electron chi connectivity index (χ1n) is 8.98. The molecule has 0 heterocycles. The van der Waals surface area contributed by atoms with Gasteiger partial charge in [0.1, 0.15) is 5.75 Å². The van der Waals surface area contributed by atoms with E-state index in [1.165, 1.54) is 33.4 Å². The van der Waals surface area contributed by atoms with E-state index in [1.54, 1.807) is 20.0 Å². The summed E-state index contributed by atoms with van der Waals surface area (Å²) in [5, 5.41) is 10.8. The summed E-state index contributed by atoms with van der Waals surface area (Å²) in [4.78, 5) is 3.25. The standard InChI is InChI=1S/C13H19OSi.C9H13.CH2.2ClH.Ti/c1-7-8(2)10(13(4,5)6)12(15)11(14)9(7)3;1-6-5-7(2)9(4)8(6)3;;;;/h14H,1-6H3;6H,1-4H3;1H2;2*1H;/q;-1;;;;+1/p-2. The van der Waals surface area contributed by atoms with Crippen LogP contribution in [0.25, 0.3) is 0 Å². The van der Waals surface area contributed by atoms with E-state index >= 15 is 0 Å². The normalized spacial score (nSPS) is 15.3. The van der Waals surface area contributed by atoms with Crippen molar-refractivity contribution in [1.29, 1.82) is 0 Å². The molecule has 0 fully saturated rings. The first-order valence-corrected chi connectivity index (χ1v) is 10.6. The maximum Gasteiger partial charge on any atom is -1.00 e. The number of hydrogen-bond acceptors (Lipinski definition) is 1. The molecule has 0 aromatic heterocycles. The number of hydrogen-bond donors (Lipinski definition) is 1. The third-order valence-corrected chi connectivity index (χ3v) is 5.82. The summed E-state index contributed by atoms with van der Waals surface area (Å²) < 4.78 is 0. The van der Waals surface area contributed by atoms with Gasteiger partial charge < -0.3 is 29.9 Å². The summed E-state index contributed by atoms with van der Waals surface area (Å²) in [5.41, 5.74) is 8.89. The van der Waals surface area contributed by atoms with Gasteiger partial charge in [0.25, 0.3) is 0 Å². The number of rotatable bonds is 0. The van der Waals surface area contributed by atoms with Gasteiger partial charge in [-0.25, -0.2) is 5.57 Å². The smallest absolute Gasteiger partial charge is 1.00 e. The van der Waals surface area contributed by atoms with E-state index < -0.39 is 0 Å². The minimum absolute atomic E-state index is 0. The zero-order valence-electron chi connectivity index (χ0n) is 19.0. The maximum atomic E-state index is 10.0. The second-order valence-electron chi connectivity index (χ2n) is 8.02. The SMILES string of the molecule is CC1=[C-]C(C)C(C)=C1C.Cc1c(C)c(O)c([Si])c(C(C)(C)C)c1C.[CH2]=[Ti+].[Cl-].[Cl-]. The van der Waals surface area contributed by atoms with Crippen LogP contribution in [0.5, 0.6) is 5.75 Å². The van der Waals surface area contributed by atoms with Crippen molar-refractivity contribution in [3.63, 3.8) is 0 Å². The van der Waals surface area contributed by atoms with Crippen LogP contribution in [0.1, 0.15) is 70.7 Å². The third-order valence-electron chi connectivity index (χ3n) is 5.33. The number of aromatic hydroxyl groups is 1. The van der Waals surface area contributed by atoms with E-state index in [4.69, 9.17) is 0 Å². The van der Waals surface area contributed by atoms with Crippen molar-refractivity contribution in [2.45, 2.75) is 74.7 Å². The second-order valence-corrected chi connectivity index (χ2v) is 8.52. The molecule has 0 saturated heterocycles. The van der Waals surface area contributed by atoms with Gasteiger partial charge in [-0.15, -0.1) is 6.92 Å². The predicted molar refractivity (Wildman–Crippen MR) is 113 cm³/mol. The summed E-state index contributed by atoms with van der Waals surface area (Å²) >= 11 is 1.75. The van der Waals surface area contributed by atoms with E-state index in [0.29, 0.717) is 11.7 Å². The molecule has 0 bridgehead atoms. The minimum atomic E-state index is 0. The molecular formula is C23H34Cl2OSiTi-2. The average Bonchev–Trinajstić information content (AvgIpc) is 2.78. The number of benzene rings is 1. The van der Waals surface area contributed by atoms with Gasteiger partial charge in [-0.3, -0.25) is 6.08 Å². The van der Waals surface area contributed by atoms with Crippen LogP contribution in [-0.2, 0) is 25.4 Å². The zero-order valence-corrected chi connectivity index (χ0v) is 23.1. The van der Waals surface area contributed by atoms with Crippen LogP contribution in [-0.4, -0.2) is 20.2 Å². The summed E-state index contributed by atoms with van der Waals surface area (Å²) in [5.74, 6) is 0.935. The zero-order chi connectivity index (χ0) is 21.0. The molecule has 1 aliphatic rings. The van der Waals surface area contributed by atoms with Crippen molar-refractivity contribution < 1.29 is 49.9 Å². The Balaban J connectivity index is -0.000000416. The Morgan fingerprint density at radius 2 is 1.36 bits per heavy atom. The minimum Gasteiger partial charge on any atom is -1.00 e. The van der Waals surface area contributed by atoms with Crippen molar-refractivity contribution in [2.75, 3.05) is 0 Å².